The fourth-order valence-corrected chi connectivity index (χ4v) is 1.49. The smallest absolute Gasteiger partial charge is 0.235 e. The summed E-state index contributed by atoms with van der Waals surface area (Å²) in [5, 5.41) is 2.47. The molecule has 1 aliphatic rings. The molecule has 1 saturated heterocycles. The number of carbonyl (C=O) groups is 2. The summed E-state index contributed by atoms with van der Waals surface area (Å²) in [6.07, 6.45) is 2.13. The monoisotopic (exact) mass is 229 g/mol. The van der Waals surface area contributed by atoms with Gasteiger partial charge in [-0.25, -0.2) is 0 Å². The summed E-state index contributed by atoms with van der Waals surface area (Å²) in [5.41, 5.74) is 0. The molecule has 0 bridgehead atoms. The third kappa shape index (κ3) is 3.71. The first kappa shape index (κ1) is 10.9. The average Bonchev–Trinajstić information content (AvgIpc) is 2.78. The van der Waals surface area contributed by atoms with Crippen LogP contribution < -0.4 is 5.32 Å². The van der Waals surface area contributed by atoms with Crippen LogP contribution in [0.25, 0.3) is 0 Å². The van der Waals surface area contributed by atoms with Crippen LogP contribution in [-0.2, 0) is 4.79 Å². The van der Waals surface area contributed by atoms with E-state index in [9.17, 15) is 9.59 Å². The van der Waals surface area contributed by atoms with E-state index in [1.165, 1.54) is 18.0 Å². The molecule has 0 unspecified atom stereocenters. The predicted octanol–water partition coefficient (Wildman–Crippen LogP) is 1.23. The van der Waals surface area contributed by atoms with E-state index in [0.29, 0.717) is 22.1 Å². The lowest BCUT2D eigenvalue weighted by atomic mass is 10.5. The van der Waals surface area contributed by atoms with E-state index in [-0.39, 0.29) is 5.91 Å². The van der Waals surface area contributed by atoms with E-state index in [0.717, 1.165) is 0 Å². The normalized spacial score (nSPS) is 14.3. The number of hydrogen-bond acceptors (Lipinski definition) is 5. The number of amides is 1. The molecule has 4 nitrogen and oxygen atoms in total. The lowest BCUT2D eigenvalue weighted by Crippen LogP contribution is -2.18. The molecule has 1 aliphatic heterocycles. The van der Waals surface area contributed by atoms with Crippen LogP contribution in [0, 0.1) is 0 Å². The zero-order valence-electron chi connectivity index (χ0n) is 7.06. The maximum Gasteiger partial charge on any atom is 0.235 e. The Morgan fingerprint density at radius 3 is 2.64 bits per heavy atom. The van der Waals surface area contributed by atoms with Crippen LogP contribution in [0.15, 0.2) is 22.8 Å². The number of furan rings is 1. The van der Waals surface area contributed by atoms with E-state index in [1.807, 2.05) is 0 Å². The molecule has 2 rings (SSSR count). The summed E-state index contributed by atoms with van der Waals surface area (Å²) in [6.45, 7) is 0. The molecule has 1 amide bonds. The third-order valence-corrected chi connectivity index (χ3v) is 2.46. The molecule has 0 atom stereocenters. The van der Waals surface area contributed by atoms with Crippen LogP contribution in [0.4, 0.5) is 0 Å². The van der Waals surface area contributed by atoms with Gasteiger partial charge in [-0.15, -0.1) is 0 Å². The van der Waals surface area contributed by atoms with Gasteiger partial charge in [-0.3, -0.25) is 9.59 Å². The fourth-order valence-electron chi connectivity index (χ4n) is 0.675. The predicted molar refractivity (Wildman–Crippen MR) is 57.3 cm³/mol. The Labute approximate surface area is 90.0 Å². The van der Waals surface area contributed by atoms with Crippen LogP contribution in [0.2, 0.25) is 0 Å². The van der Waals surface area contributed by atoms with Gasteiger partial charge in [-0.1, -0.05) is 24.0 Å². The number of aldehydes is 1. The van der Waals surface area contributed by atoms with Crippen molar-refractivity contribution >= 4 is 40.5 Å². The second-order valence-electron chi connectivity index (χ2n) is 2.26. The van der Waals surface area contributed by atoms with Crippen molar-refractivity contribution in [3.63, 3.8) is 0 Å². The molecule has 0 saturated carbocycles. The molecule has 0 spiro atoms. The van der Waals surface area contributed by atoms with Crippen molar-refractivity contribution in [2.45, 2.75) is 0 Å². The second-order valence-corrected chi connectivity index (χ2v) is 3.91. The van der Waals surface area contributed by atoms with Gasteiger partial charge in [-0.2, -0.15) is 0 Å². The largest absolute Gasteiger partial charge is 0.462 e. The highest BCUT2D eigenvalue weighted by atomic mass is 32.2. The molecular weight excluding hydrogens is 222 g/mol. The minimum absolute atomic E-state index is 0.0231. The van der Waals surface area contributed by atoms with Gasteiger partial charge < -0.3 is 9.73 Å². The number of nitrogens with one attached hydrogen (secondary N) is 1. The zero-order valence-corrected chi connectivity index (χ0v) is 8.69. The summed E-state index contributed by atoms with van der Waals surface area (Å²) in [5.74, 6) is 0.897. The van der Waals surface area contributed by atoms with Gasteiger partial charge in [0.15, 0.2) is 12.0 Å². The molecule has 0 aromatic carbocycles. The Balaban J connectivity index is 0.000000140. The van der Waals surface area contributed by atoms with E-state index < -0.39 is 0 Å². The van der Waals surface area contributed by atoms with Crippen LogP contribution in [0.1, 0.15) is 10.6 Å². The molecular formula is C8H7NO3S2. The molecule has 1 N–H and O–H groups in total. The first-order chi connectivity index (χ1) is 6.72. The van der Waals surface area contributed by atoms with Crippen LogP contribution in [0.3, 0.4) is 0 Å². The summed E-state index contributed by atoms with van der Waals surface area (Å²) in [6, 6.07) is 3.27. The minimum atomic E-state index is 0.0231. The number of thiocarbonyl (C=S) groups is 1. The van der Waals surface area contributed by atoms with Gasteiger partial charge >= 0.3 is 0 Å². The molecule has 14 heavy (non-hydrogen) atoms. The lowest BCUT2D eigenvalue weighted by molar-refractivity contribution is -0.116. The molecule has 0 aliphatic carbocycles. The SMILES string of the molecule is O=C1CSC(=S)N1.O=Cc1ccco1. The van der Waals surface area contributed by atoms with Gasteiger partial charge in [0.2, 0.25) is 5.91 Å². The van der Waals surface area contributed by atoms with Gasteiger partial charge in [0.05, 0.1) is 12.0 Å². The van der Waals surface area contributed by atoms with Gasteiger partial charge in [0.25, 0.3) is 0 Å². The van der Waals surface area contributed by atoms with E-state index >= 15 is 0 Å². The van der Waals surface area contributed by atoms with Gasteiger partial charge in [-0.05, 0) is 12.1 Å². The average molecular weight is 229 g/mol. The Kier molecular flexibility index (Phi) is 4.34. The van der Waals surface area contributed by atoms with Crippen LogP contribution in [-0.4, -0.2) is 22.3 Å². The van der Waals surface area contributed by atoms with Crippen molar-refractivity contribution in [3.8, 4) is 0 Å². The van der Waals surface area contributed by atoms with E-state index in [1.54, 1.807) is 12.1 Å². The second kappa shape index (κ2) is 5.56. The topological polar surface area (TPSA) is 59.3 Å². The van der Waals surface area contributed by atoms with Gasteiger partial charge in [0.1, 0.15) is 4.32 Å². The molecule has 74 valence electrons. The number of thioether (sulfide) groups is 1. The molecule has 1 fully saturated rings. The Hall–Kier alpha value is -1.14. The van der Waals surface area contributed by atoms with Crippen molar-refractivity contribution in [2.24, 2.45) is 0 Å². The minimum Gasteiger partial charge on any atom is -0.462 e. The van der Waals surface area contributed by atoms with Crippen molar-refractivity contribution in [3.05, 3.63) is 24.2 Å². The highest BCUT2D eigenvalue weighted by Crippen LogP contribution is 2.06. The third-order valence-electron chi connectivity index (χ3n) is 1.24. The molecule has 0 radical (unpaired) electrons. The summed E-state index contributed by atoms with van der Waals surface area (Å²) < 4.78 is 5.22. The van der Waals surface area contributed by atoms with E-state index in [4.69, 9.17) is 0 Å². The maximum atomic E-state index is 10.2. The first-order valence-corrected chi connectivity index (χ1v) is 5.07. The quantitative estimate of drug-likeness (QED) is 0.579. The lowest BCUT2D eigenvalue weighted by Gasteiger charge is -1.81. The Morgan fingerprint density at radius 2 is 2.43 bits per heavy atom. The van der Waals surface area contributed by atoms with Crippen LogP contribution >= 0.6 is 24.0 Å². The van der Waals surface area contributed by atoms with Crippen LogP contribution in [0.5, 0.6) is 0 Å². The molecule has 6 heteroatoms. The van der Waals surface area contributed by atoms with Crippen molar-refractivity contribution in [1.82, 2.24) is 5.32 Å². The number of hydrogen-bond donors (Lipinski definition) is 1. The number of carbonyl (C=O) groups excluding carboxylic acids is 2. The molecule has 2 heterocycles. The summed E-state index contributed by atoms with van der Waals surface area (Å²) in [7, 11) is 0. The highest BCUT2D eigenvalue weighted by Gasteiger charge is 2.13. The maximum absolute atomic E-state index is 10.2. The number of rotatable bonds is 1. The summed E-state index contributed by atoms with van der Waals surface area (Å²) in [4.78, 5) is 20.0. The fraction of sp³-hybridized carbons (Fsp3) is 0.125. The van der Waals surface area contributed by atoms with Crippen molar-refractivity contribution in [1.29, 1.82) is 0 Å². The standard InChI is InChI=1S/C5H4O2.C3H3NOS2/c6-4-5-2-1-3-7-5;5-2-1-7-3(6)4-2/h1-4H;1H2,(H,4,5,6). The highest BCUT2D eigenvalue weighted by molar-refractivity contribution is 8.24. The summed E-state index contributed by atoms with van der Waals surface area (Å²) >= 11 is 6.00. The Morgan fingerprint density at radius 1 is 1.64 bits per heavy atom. The molecule has 1 aromatic rings. The molecule has 1 aromatic heterocycles. The first-order valence-electron chi connectivity index (χ1n) is 3.67. The Bertz CT molecular complexity index is 320. The zero-order chi connectivity index (χ0) is 10.4. The van der Waals surface area contributed by atoms with Crippen molar-refractivity contribution < 1.29 is 14.0 Å². The van der Waals surface area contributed by atoms with Gasteiger partial charge in [0, 0.05) is 0 Å². The van der Waals surface area contributed by atoms with E-state index in [2.05, 4.69) is 22.0 Å². The van der Waals surface area contributed by atoms with Crippen molar-refractivity contribution in [2.75, 3.05) is 5.75 Å².